The Morgan fingerprint density at radius 3 is 2.75 bits per heavy atom. The Labute approximate surface area is 186 Å². The molecule has 0 spiro atoms. The number of aromatic nitrogens is 2. The molecule has 1 amide bonds. The van der Waals surface area contributed by atoms with E-state index in [9.17, 15) is 9.18 Å². The minimum absolute atomic E-state index is 0.00183. The van der Waals surface area contributed by atoms with Crippen LogP contribution >= 0.6 is 0 Å². The highest BCUT2D eigenvalue weighted by atomic mass is 19.1. The van der Waals surface area contributed by atoms with Gasteiger partial charge in [0, 0.05) is 44.1 Å². The molecule has 3 aromatic rings. The highest BCUT2D eigenvalue weighted by molar-refractivity contribution is 6.04. The summed E-state index contributed by atoms with van der Waals surface area (Å²) in [6, 6.07) is 13.2. The molecule has 0 atom stereocenters. The van der Waals surface area contributed by atoms with E-state index >= 15 is 0 Å². The number of nitrogens with one attached hydrogen (secondary N) is 1. The Hall–Kier alpha value is -3.23. The first-order valence-electron chi connectivity index (χ1n) is 10.7. The fourth-order valence-electron chi connectivity index (χ4n) is 3.71. The first-order chi connectivity index (χ1) is 15.6. The third-order valence-corrected chi connectivity index (χ3v) is 5.43. The van der Waals surface area contributed by atoms with E-state index in [1.807, 2.05) is 25.2 Å². The molecule has 1 saturated heterocycles. The van der Waals surface area contributed by atoms with Gasteiger partial charge in [0.2, 0.25) is 0 Å². The van der Waals surface area contributed by atoms with Crippen molar-refractivity contribution in [1.29, 1.82) is 0 Å². The minimum Gasteiger partial charge on any atom is -0.493 e. The van der Waals surface area contributed by atoms with Crippen LogP contribution in [-0.2, 0) is 11.8 Å². The number of anilines is 1. The summed E-state index contributed by atoms with van der Waals surface area (Å²) in [7, 11) is 1.85. The summed E-state index contributed by atoms with van der Waals surface area (Å²) in [4.78, 5) is 14.9. The number of halogens is 1. The molecule has 2 aromatic carbocycles. The van der Waals surface area contributed by atoms with Crippen LogP contribution in [-0.4, -0.2) is 60.0 Å². The average Bonchev–Trinajstić information content (AvgIpc) is 3.24. The van der Waals surface area contributed by atoms with Gasteiger partial charge in [-0.05, 0) is 42.8 Å². The number of carbonyl (C=O) groups excluding carboxylic acids is 1. The monoisotopic (exact) mass is 438 g/mol. The average molecular weight is 439 g/mol. The molecule has 1 fully saturated rings. The van der Waals surface area contributed by atoms with Crippen molar-refractivity contribution in [1.82, 2.24) is 14.7 Å². The van der Waals surface area contributed by atoms with Crippen LogP contribution in [0, 0.1) is 5.82 Å². The summed E-state index contributed by atoms with van der Waals surface area (Å²) in [5.74, 6) is -0.352. The first kappa shape index (κ1) is 22.0. The molecule has 32 heavy (non-hydrogen) atoms. The summed E-state index contributed by atoms with van der Waals surface area (Å²) in [5, 5.41) is 7.02. The highest BCUT2D eigenvalue weighted by Crippen LogP contribution is 2.32. The second-order valence-electron chi connectivity index (χ2n) is 7.64. The van der Waals surface area contributed by atoms with Gasteiger partial charge in [-0.25, -0.2) is 4.39 Å². The molecule has 4 rings (SSSR count). The van der Waals surface area contributed by atoms with Gasteiger partial charge < -0.3 is 14.8 Å². The standard InChI is InChI=1S/C24H27FN4O3/c1-28-22(9-10-26-28)20-17-18(27-24(30)19-5-2-3-6-21(19)25)7-8-23(20)32-14-4-11-29-12-15-31-16-13-29/h2-3,5-10,17H,4,11-16H2,1H3,(H,27,30). The van der Waals surface area contributed by atoms with Crippen molar-refractivity contribution in [2.24, 2.45) is 7.05 Å². The van der Waals surface area contributed by atoms with Gasteiger partial charge in [-0.1, -0.05) is 12.1 Å². The zero-order valence-electron chi connectivity index (χ0n) is 18.1. The quantitative estimate of drug-likeness (QED) is 0.545. The Bertz CT molecular complexity index is 1060. The smallest absolute Gasteiger partial charge is 0.258 e. The van der Waals surface area contributed by atoms with Gasteiger partial charge in [0.15, 0.2) is 0 Å². The van der Waals surface area contributed by atoms with E-state index < -0.39 is 11.7 Å². The van der Waals surface area contributed by atoms with Crippen molar-refractivity contribution >= 4 is 11.6 Å². The first-order valence-corrected chi connectivity index (χ1v) is 10.7. The summed E-state index contributed by atoms with van der Waals surface area (Å²) >= 11 is 0. The van der Waals surface area contributed by atoms with E-state index in [1.54, 1.807) is 29.1 Å². The van der Waals surface area contributed by atoms with Crippen molar-refractivity contribution < 1.29 is 18.7 Å². The number of aryl methyl sites for hydroxylation is 1. The zero-order valence-corrected chi connectivity index (χ0v) is 18.1. The molecule has 0 radical (unpaired) electrons. The van der Waals surface area contributed by atoms with Crippen LogP contribution < -0.4 is 10.1 Å². The number of carbonyl (C=O) groups is 1. The number of hydrogen-bond acceptors (Lipinski definition) is 5. The van der Waals surface area contributed by atoms with Gasteiger partial charge >= 0.3 is 0 Å². The second-order valence-corrected chi connectivity index (χ2v) is 7.64. The van der Waals surface area contributed by atoms with E-state index in [-0.39, 0.29) is 5.56 Å². The van der Waals surface area contributed by atoms with Crippen molar-refractivity contribution in [3.05, 3.63) is 66.1 Å². The molecule has 8 heteroatoms. The number of rotatable bonds is 8. The van der Waals surface area contributed by atoms with Gasteiger partial charge in [0.05, 0.1) is 31.1 Å². The molecular weight excluding hydrogens is 411 g/mol. The lowest BCUT2D eigenvalue weighted by Gasteiger charge is -2.26. The molecule has 7 nitrogen and oxygen atoms in total. The molecule has 0 bridgehead atoms. The Kier molecular flexibility index (Phi) is 7.14. The Balaban J connectivity index is 1.47. The molecule has 0 unspecified atom stereocenters. The van der Waals surface area contributed by atoms with E-state index in [2.05, 4.69) is 15.3 Å². The molecular formula is C24H27FN4O3. The van der Waals surface area contributed by atoms with Crippen molar-refractivity contribution in [3.63, 3.8) is 0 Å². The van der Waals surface area contributed by atoms with Crippen molar-refractivity contribution in [2.45, 2.75) is 6.42 Å². The minimum atomic E-state index is -0.558. The Morgan fingerprint density at radius 2 is 2.00 bits per heavy atom. The maximum Gasteiger partial charge on any atom is 0.258 e. The lowest BCUT2D eigenvalue weighted by atomic mass is 10.1. The number of ether oxygens (including phenoxy) is 2. The molecule has 2 heterocycles. The zero-order chi connectivity index (χ0) is 22.3. The van der Waals surface area contributed by atoms with Gasteiger partial charge in [-0.2, -0.15) is 5.10 Å². The van der Waals surface area contributed by atoms with Crippen LogP contribution in [0.5, 0.6) is 5.75 Å². The van der Waals surface area contributed by atoms with Crippen LogP contribution in [0.2, 0.25) is 0 Å². The lowest BCUT2D eigenvalue weighted by Crippen LogP contribution is -2.37. The largest absolute Gasteiger partial charge is 0.493 e. The van der Waals surface area contributed by atoms with Crippen molar-refractivity contribution in [3.8, 4) is 17.0 Å². The Morgan fingerprint density at radius 1 is 1.19 bits per heavy atom. The van der Waals surface area contributed by atoms with E-state index in [4.69, 9.17) is 9.47 Å². The van der Waals surface area contributed by atoms with Crippen LogP contribution in [0.4, 0.5) is 10.1 Å². The molecule has 1 aliphatic heterocycles. The summed E-state index contributed by atoms with van der Waals surface area (Å²) < 4.78 is 27.2. The third kappa shape index (κ3) is 5.33. The third-order valence-electron chi connectivity index (χ3n) is 5.43. The predicted octanol–water partition coefficient (Wildman–Crippen LogP) is 3.58. The second kappa shape index (κ2) is 10.4. The van der Waals surface area contributed by atoms with Gasteiger partial charge in [0.1, 0.15) is 11.6 Å². The molecule has 1 N–H and O–H groups in total. The maximum atomic E-state index is 14.0. The molecule has 168 valence electrons. The molecule has 0 aliphatic carbocycles. The van der Waals surface area contributed by atoms with Crippen LogP contribution in [0.25, 0.3) is 11.3 Å². The fourth-order valence-corrected chi connectivity index (χ4v) is 3.71. The van der Waals surface area contributed by atoms with Gasteiger partial charge in [0.25, 0.3) is 5.91 Å². The topological polar surface area (TPSA) is 68.6 Å². The maximum absolute atomic E-state index is 14.0. The summed E-state index contributed by atoms with van der Waals surface area (Å²) in [5.41, 5.74) is 2.21. The number of benzene rings is 2. The summed E-state index contributed by atoms with van der Waals surface area (Å²) in [6.45, 7) is 5.01. The van der Waals surface area contributed by atoms with Gasteiger partial charge in [-0.15, -0.1) is 0 Å². The number of morpholine rings is 1. The van der Waals surface area contributed by atoms with Crippen LogP contribution in [0.1, 0.15) is 16.8 Å². The van der Waals surface area contributed by atoms with Crippen LogP contribution in [0.15, 0.2) is 54.7 Å². The molecule has 1 aromatic heterocycles. The fraction of sp³-hybridized carbons (Fsp3) is 0.333. The summed E-state index contributed by atoms with van der Waals surface area (Å²) in [6.07, 6.45) is 2.61. The molecule has 0 saturated carbocycles. The van der Waals surface area contributed by atoms with Crippen molar-refractivity contribution in [2.75, 3.05) is 44.8 Å². The number of amides is 1. The molecule has 1 aliphatic rings. The normalized spacial score (nSPS) is 14.3. The number of nitrogens with zero attached hydrogens (tertiary/aromatic N) is 3. The highest BCUT2D eigenvalue weighted by Gasteiger charge is 2.15. The lowest BCUT2D eigenvalue weighted by molar-refractivity contribution is 0.0358. The number of hydrogen-bond donors (Lipinski definition) is 1. The van der Waals surface area contributed by atoms with Gasteiger partial charge in [-0.3, -0.25) is 14.4 Å². The van der Waals surface area contributed by atoms with Crippen LogP contribution in [0.3, 0.4) is 0 Å². The van der Waals surface area contributed by atoms with E-state index in [1.165, 1.54) is 12.1 Å². The predicted molar refractivity (Wildman–Crippen MR) is 120 cm³/mol. The van der Waals surface area contributed by atoms with E-state index in [0.29, 0.717) is 18.0 Å². The SMILES string of the molecule is Cn1nccc1-c1cc(NC(=O)c2ccccc2F)ccc1OCCCN1CCOCC1. The van der Waals surface area contributed by atoms with E-state index in [0.717, 1.165) is 50.5 Å².